The average Bonchev–Trinajstić information content (AvgIpc) is 2.66. The minimum atomic E-state index is -0.366. The highest BCUT2D eigenvalue weighted by molar-refractivity contribution is 5.82. The molecule has 0 aliphatic carbocycles. The molecule has 1 N–H and O–H groups in total. The highest BCUT2D eigenvalue weighted by Gasteiger charge is 2.32. The van der Waals surface area contributed by atoms with Crippen LogP contribution in [0.5, 0.6) is 5.75 Å². The molecule has 150 valence electrons. The Labute approximate surface area is 162 Å². The van der Waals surface area contributed by atoms with Crippen molar-refractivity contribution in [2.24, 2.45) is 5.41 Å². The number of methoxy groups -OCH3 is 1. The molecule has 1 heterocycles. The molecule has 2 atom stereocenters. The summed E-state index contributed by atoms with van der Waals surface area (Å²) in [6, 6.07) is 7.33. The van der Waals surface area contributed by atoms with Crippen LogP contribution >= 0.6 is 0 Å². The lowest BCUT2D eigenvalue weighted by Gasteiger charge is -2.39. The van der Waals surface area contributed by atoms with Crippen molar-refractivity contribution in [1.82, 2.24) is 15.1 Å². The molecule has 6 nitrogen and oxygen atoms in total. The third-order valence-electron chi connectivity index (χ3n) is 5.13. The molecule has 27 heavy (non-hydrogen) atoms. The molecule has 0 radical (unpaired) electrons. The molecule has 1 aliphatic rings. The molecule has 1 aliphatic heterocycles. The Morgan fingerprint density at radius 1 is 1.07 bits per heavy atom. The van der Waals surface area contributed by atoms with Gasteiger partial charge < -0.3 is 15.0 Å². The van der Waals surface area contributed by atoms with Gasteiger partial charge >= 0.3 is 0 Å². The van der Waals surface area contributed by atoms with Crippen LogP contribution in [0.1, 0.15) is 46.2 Å². The lowest BCUT2D eigenvalue weighted by molar-refractivity contribution is -0.142. The van der Waals surface area contributed by atoms with E-state index in [0.717, 1.165) is 11.3 Å². The third-order valence-corrected chi connectivity index (χ3v) is 5.13. The molecular weight excluding hydrogens is 342 g/mol. The number of nitrogens with zero attached hydrogens (tertiary/aromatic N) is 2. The van der Waals surface area contributed by atoms with E-state index >= 15 is 0 Å². The Bertz CT molecular complexity index is 661. The summed E-state index contributed by atoms with van der Waals surface area (Å²) in [6.07, 6.45) is 0. The van der Waals surface area contributed by atoms with Gasteiger partial charge in [0, 0.05) is 37.2 Å². The van der Waals surface area contributed by atoms with Crippen molar-refractivity contribution in [3.05, 3.63) is 29.8 Å². The zero-order valence-electron chi connectivity index (χ0n) is 17.4. The van der Waals surface area contributed by atoms with E-state index in [1.165, 1.54) is 0 Å². The fraction of sp³-hybridized carbons (Fsp3) is 0.619. The van der Waals surface area contributed by atoms with Crippen LogP contribution in [0, 0.1) is 5.41 Å². The third kappa shape index (κ3) is 5.22. The van der Waals surface area contributed by atoms with Gasteiger partial charge in [0.25, 0.3) is 0 Å². The molecule has 1 fully saturated rings. The average molecular weight is 376 g/mol. The molecule has 1 aromatic carbocycles. The zero-order valence-corrected chi connectivity index (χ0v) is 17.4. The van der Waals surface area contributed by atoms with Gasteiger partial charge in [-0.1, -0.05) is 39.0 Å². The first-order valence-corrected chi connectivity index (χ1v) is 9.62. The van der Waals surface area contributed by atoms with E-state index in [4.69, 9.17) is 4.74 Å². The van der Waals surface area contributed by atoms with E-state index < -0.39 is 0 Å². The number of benzene rings is 1. The molecule has 0 saturated carbocycles. The SMILES string of the molecule is COc1ccccc1C(C)NC(=O)C(C)N1CCN(C(=O)C(C)(C)C)CC1. The van der Waals surface area contributed by atoms with Crippen molar-refractivity contribution < 1.29 is 14.3 Å². The number of ether oxygens (including phenoxy) is 1. The standard InChI is InChI=1S/C21H33N3O3/c1-15(17-9-7-8-10-18(17)27-6)22-19(25)16(2)23-11-13-24(14-12-23)20(26)21(3,4)5/h7-10,15-16H,11-14H2,1-6H3,(H,22,25). The predicted octanol–water partition coefficient (Wildman–Crippen LogP) is 2.45. The summed E-state index contributed by atoms with van der Waals surface area (Å²) in [5, 5.41) is 3.09. The number of amides is 2. The number of hydrogen-bond acceptors (Lipinski definition) is 4. The smallest absolute Gasteiger partial charge is 0.237 e. The van der Waals surface area contributed by atoms with E-state index in [1.807, 2.05) is 63.8 Å². The van der Waals surface area contributed by atoms with Crippen LogP contribution in [-0.4, -0.2) is 60.9 Å². The minimum Gasteiger partial charge on any atom is -0.496 e. The van der Waals surface area contributed by atoms with Gasteiger partial charge in [-0.15, -0.1) is 0 Å². The largest absolute Gasteiger partial charge is 0.496 e. The molecule has 0 spiro atoms. The highest BCUT2D eigenvalue weighted by atomic mass is 16.5. The molecule has 0 aromatic heterocycles. The second kappa shape index (κ2) is 8.74. The molecular formula is C21H33N3O3. The predicted molar refractivity (Wildman–Crippen MR) is 107 cm³/mol. The minimum absolute atomic E-state index is 0.0102. The van der Waals surface area contributed by atoms with Crippen LogP contribution in [0.4, 0.5) is 0 Å². The van der Waals surface area contributed by atoms with Crippen LogP contribution in [0.25, 0.3) is 0 Å². The van der Waals surface area contributed by atoms with Gasteiger partial charge in [-0.2, -0.15) is 0 Å². The van der Waals surface area contributed by atoms with Crippen LogP contribution in [0.3, 0.4) is 0 Å². The molecule has 0 bridgehead atoms. The normalized spacial score (nSPS) is 17.9. The Morgan fingerprint density at radius 3 is 2.22 bits per heavy atom. The summed E-state index contributed by atoms with van der Waals surface area (Å²) in [4.78, 5) is 29.2. The maximum atomic E-state index is 12.7. The number of hydrogen-bond donors (Lipinski definition) is 1. The van der Waals surface area contributed by atoms with Crippen molar-refractivity contribution in [2.45, 2.75) is 46.7 Å². The van der Waals surface area contributed by atoms with Gasteiger partial charge in [0.1, 0.15) is 5.75 Å². The van der Waals surface area contributed by atoms with E-state index in [2.05, 4.69) is 10.2 Å². The van der Waals surface area contributed by atoms with E-state index in [9.17, 15) is 9.59 Å². The van der Waals surface area contributed by atoms with Crippen LogP contribution in [0.15, 0.2) is 24.3 Å². The number of nitrogens with one attached hydrogen (secondary N) is 1. The Hall–Kier alpha value is -2.08. The van der Waals surface area contributed by atoms with Crippen molar-refractivity contribution in [3.8, 4) is 5.75 Å². The molecule has 1 saturated heterocycles. The summed E-state index contributed by atoms with van der Waals surface area (Å²) < 4.78 is 5.39. The zero-order chi connectivity index (χ0) is 20.2. The number of carbonyl (C=O) groups excluding carboxylic acids is 2. The van der Waals surface area contributed by atoms with Crippen molar-refractivity contribution in [3.63, 3.8) is 0 Å². The van der Waals surface area contributed by atoms with E-state index in [0.29, 0.717) is 26.2 Å². The van der Waals surface area contributed by atoms with Crippen molar-refractivity contribution in [1.29, 1.82) is 0 Å². The Morgan fingerprint density at radius 2 is 1.67 bits per heavy atom. The second-order valence-electron chi connectivity index (χ2n) is 8.23. The van der Waals surface area contributed by atoms with Crippen molar-refractivity contribution >= 4 is 11.8 Å². The van der Waals surface area contributed by atoms with Gasteiger partial charge in [-0.05, 0) is 19.9 Å². The summed E-state index contributed by atoms with van der Waals surface area (Å²) >= 11 is 0. The lowest BCUT2D eigenvalue weighted by atomic mass is 9.94. The molecule has 2 rings (SSSR count). The fourth-order valence-corrected chi connectivity index (χ4v) is 3.39. The number of carbonyl (C=O) groups is 2. The van der Waals surface area contributed by atoms with Crippen LogP contribution < -0.4 is 10.1 Å². The summed E-state index contributed by atoms with van der Waals surface area (Å²) in [5.41, 5.74) is 0.594. The van der Waals surface area contributed by atoms with Gasteiger partial charge in [0.05, 0.1) is 19.2 Å². The van der Waals surface area contributed by atoms with Gasteiger partial charge in [-0.3, -0.25) is 14.5 Å². The fourth-order valence-electron chi connectivity index (χ4n) is 3.39. The molecule has 2 unspecified atom stereocenters. The molecule has 1 aromatic rings. The summed E-state index contributed by atoms with van der Waals surface area (Å²) in [7, 11) is 1.63. The quantitative estimate of drug-likeness (QED) is 0.859. The Balaban J connectivity index is 1.92. The first kappa shape index (κ1) is 21.2. The highest BCUT2D eigenvalue weighted by Crippen LogP contribution is 2.24. The summed E-state index contributed by atoms with van der Waals surface area (Å²) in [5.74, 6) is 0.931. The maximum Gasteiger partial charge on any atom is 0.237 e. The number of piperazine rings is 1. The van der Waals surface area contributed by atoms with Gasteiger partial charge in [-0.25, -0.2) is 0 Å². The monoisotopic (exact) mass is 375 g/mol. The summed E-state index contributed by atoms with van der Waals surface area (Å²) in [6.45, 7) is 12.4. The first-order valence-electron chi connectivity index (χ1n) is 9.62. The first-order chi connectivity index (χ1) is 12.6. The van der Waals surface area contributed by atoms with Crippen LogP contribution in [-0.2, 0) is 9.59 Å². The van der Waals surface area contributed by atoms with E-state index in [1.54, 1.807) is 7.11 Å². The Kier molecular flexibility index (Phi) is 6.87. The second-order valence-corrected chi connectivity index (χ2v) is 8.23. The number of rotatable bonds is 5. The molecule has 6 heteroatoms. The lowest BCUT2D eigenvalue weighted by Crippen LogP contribution is -2.56. The van der Waals surface area contributed by atoms with E-state index in [-0.39, 0.29) is 29.3 Å². The number of para-hydroxylation sites is 1. The van der Waals surface area contributed by atoms with Crippen molar-refractivity contribution in [2.75, 3.05) is 33.3 Å². The maximum absolute atomic E-state index is 12.7. The van der Waals surface area contributed by atoms with Crippen LogP contribution in [0.2, 0.25) is 0 Å². The molecule has 2 amide bonds. The van der Waals surface area contributed by atoms with Gasteiger partial charge in [0.15, 0.2) is 0 Å². The topological polar surface area (TPSA) is 61.9 Å². The van der Waals surface area contributed by atoms with Gasteiger partial charge in [0.2, 0.25) is 11.8 Å².